The van der Waals surface area contributed by atoms with Crippen LogP contribution in [0.3, 0.4) is 0 Å². The van der Waals surface area contributed by atoms with E-state index in [1.54, 1.807) is 11.6 Å². The van der Waals surface area contributed by atoms with Crippen LogP contribution in [0.1, 0.15) is 54.4 Å². The Morgan fingerprint density at radius 1 is 1.25 bits per heavy atom. The molecule has 0 aromatic carbocycles. The Morgan fingerprint density at radius 3 is 2.54 bits per heavy atom. The standard InChI is InChI=1S/C18H30N4O2/c1-13-18(15(3)23)14(2)22(19-13)11-9-17(24)21-10-7-6-8-16(12-21)20(4)5/h16H,6-12H2,1-5H3. The predicted octanol–water partition coefficient (Wildman–Crippen LogP) is 2.04. The number of likely N-dealkylation sites (tertiary alicyclic amines) is 1. The summed E-state index contributed by atoms with van der Waals surface area (Å²) in [5.74, 6) is 0.213. The second kappa shape index (κ2) is 7.92. The number of nitrogens with zero attached hydrogens (tertiary/aromatic N) is 4. The van der Waals surface area contributed by atoms with Crippen LogP contribution in [0.25, 0.3) is 0 Å². The lowest BCUT2D eigenvalue weighted by atomic mass is 10.1. The van der Waals surface area contributed by atoms with E-state index in [0.29, 0.717) is 24.6 Å². The molecule has 1 saturated heterocycles. The molecule has 1 amide bonds. The van der Waals surface area contributed by atoms with Crippen molar-refractivity contribution in [1.29, 1.82) is 0 Å². The molecule has 1 atom stereocenters. The summed E-state index contributed by atoms with van der Waals surface area (Å²) in [6.07, 6.45) is 3.83. The number of carbonyl (C=O) groups excluding carboxylic acids is 2. The summed E-state index contributed by atoms with van der Waals surface area (Å²) in [6, 6.07) is 0.439. The van der Waals surface area contributed by atoms with E-state index in [2.05, 4.69) is 24.1 Å². The van der Waals surface area contributed by atoms with Gasteiger partial charge >= 0.3 is 0 Å². The number of ketones is 1. The van der Waals surface area contributed by atoms with Crippen molar-refractivity contribution in [3.05, 3.63) is 17.0 Å². The van der Waals surface area contributed by atoms with Gasteiger partial charge < -0.3 is 9.80 Å². The van der Waals surface area contributed by atoms with Crippen molar-refractivity contribution in [2.45, 2.75) is 59.0 Å². The third-order valence-corrected chi connectivity index (χ3v) is 5.00. The fourth-order valence-corrected chi connectivity index (χ4v) is 3.55. The van der Waals surface area contributed by atoms with Crippen molar-refractivity contribution in [3.8, 4) is 0 Å². The second-order valence-electron chi connectivity index (χ2n) is 7.03. The van der Waals surface area contributed by atoms with E-state index >= 15 is 0 Å². The number of hydrogen-bond donors (Lipinski definition) is 0. The van der Waals surface area contributed by atoms with Crippen molar-refractivity contribution in [1.82, 2.24) is 19.6 Å². The first-order valence-corrected chi connectivity index (χ1v) is 8.80. The average molecular weight is 334 g/mol. The maximum atomic E-state index is 12.6. The Bertz CT molecular complexity index is 606. The van der Waals surface area contributed by atoms with E-state index in [0.717, 1.165) is 37.3 Å². The molecule has 1 aromatic rings. The summed E-state index contributed by atoms with van der Waals surface area (Å²) in [6.45, 7) is 7.49. The molecule has 0 spiro atoms. The first-order chi connectivity index (χ1) is 11.3. The summed E-state index contributed by atoms with van der Waals surface area (Å²) in [5.41, 5.74) is 2.29. The number of rotatable bonds is 5. The summed E-state index contributed by atoms with van der Waals surface area (Å²) in [5, 5.41) is 4.43. The summed E-state index contributed by atoms with van der Waals surface area (Å²) >= 11 is 0. The molecule has 0 radical (unpaired) electrons. The van der Waals surface area contributed by atoms with E-state index in [9.17, 15) is 9.59 Å². The first kappa shape index (κ1) is 18.6. The van der Waals surface area contributed by atoms with Gasteiger partial charge in [-0.05, 0) is 47.7 Å². The van der Waals surface area contributed by atoms with Crippen LogP contribution in [0.4, 0.5) is 0 Å². The van der Waals surface area contributed by atoms with Gasteiger partial charge in [0.15, 0.2) is 5.78 Å². The number of carbonyl (C=O) groups is 2. The van der Waals surface area contributed by atoms with Gasteiger partial charge in [0.05, 0.1) is 11.3 Å². The number of amides is 1. The highest BCUT2D eigenvalue weighted by molar-refractivity contribution is 5.96. The molecule has 0 N–H and O–H groups in total. The quantitative estimate of drug-likeness (QED) is 0.773. The smallest absolute Gasteiger partial charge is 0.224 e. The Balaban J connectivity index is 2.00. The number of hydrogen-bond acceptors (Lipinski definition) is 4. The van der Waals surface area contributed by atoms with Crippen LogP contribution in [-0.2, 0) is 11.3 Å². The number of aryl methyl sites for hydroxylation is 2. The van der Waals surface area contributed by atoms with E-state index in [1.807, 2.05) is 18.7 Å². The molecule has 6 nitrogen and oxygen atoms in total. The Morgan fingerprint density at radius 2 is 1.96 bits per heavy atom. The van der Waals surface area contributed by atoms with E-state index in [1.165, 1.54) is 6.42 Å². The van der Waals surface area contributed by atoms with Crippen molar-refractivity contribution < 1.29 is 9.59 Å². The molecule has 1 fully saturated rings. The number of Topliss-reactive ketones (excluding diaryl/α,β-unsaturated/α-hetero) is 1. The lowest BCUT2D eigenvalue weighted by molar-refractivity contribution is -0.132. The van der Waals surface area contributed by atoms with Crippen LogP contribution in [0.15, 0.2) is 0 Å². The number of aromatic nitrogens is 2. The zero-order chi connectivity index (χ0) is 17.9. The third-order valence-electron chi connectivity index (χ3n) is 5.00. The minimum absolute atomic E-state index is 0.0314. The summed E-state index contributed by atoms with van der Waals surface area (Å²) < 4.78 is 1.80. The highest BCUT2D eigenvalue weighted by Gasteiger charge is 2.23. The van der Waals surface area contributed by atoms with Crippen LogP contribution >= 0.6 is 0 Å². The van der Waals surface area contributed by atoms with Crippen molar-refractivity contribution in [2.75, 3.05) is 27.2 Å². The Kier molecular flexibility index (Phi) is 6.15. The topological polar surface area (TPSA) is 58.4 Å². The number of likely N-dealkylation sites (N-methyl/N-ethyl adjacent to an activating group) is 1. The molecule has 2 heterocycles. The Hall–Kier alpha value is -1.69. The van der Waals surface area contributed by atoms with Crippen molar-refractivity contribution >= 4 is 11.7 Å². The van der Waals surface area contributed by atoms with Crippen molar-refractivity contribution in [2.24, 2.45) is 0 Å². The molecule has 134 valence electrons. The summed E-state index contributed by atoms with van der Waals surface area (Å²) in [7, 11) is 4.16. The minimum Gasteiger partial charge on any atom is -0.341 e. The van der Waals surface area contributed by atoms with Crippen LogP contribution in [0, 0.1) is 13.8 Å². The molecule has 1 unspecified atom stereocenters. The van der Waals surface area contributed by atoms with Crippen LogP contribution in [0.5, 0.6) is 0 Å². The maximum absolute atomic E-state index is 12.6. The molecule has 1 aliphatic rings. The third kappa shape index (κ3) is 4.23. The minimum atomic E-state index is 0.0314. The molecule has 1 aliphatic heterocycles. The van der Waals surface area contributed by atoms with Crippen LogP contribution in [-0.4, -0.2) is 64.5 Å². The maximum Gasteiger partial charge on any atom is 0.224 e. The second-order valence-corrected chi connectivity index (χ2v) is 7.03. The van der Waals surface area contributed by atoms with Gasteiger partial charge in [-0.2, -0.15) is 5.10 Å². The molecule has 24 heavy (non-hydrogen) atoms. The molecular formula is C18H30N4O2. The average Bonchev–Trinajstić information content (AvgIpc) is 2.69. The normalized spacial score (nSPS) is 18.8. The largest absolute Gasteiger partial charge is 0.341 e. The highest BCUT2D eigenvalue weighted by Crippen LogP contribution is 2.17. The molecule has 0 saturated carbocycles. The van der Waals surface area contributed by atoms with Gasteiger partial charge in [0.1, 0.15) is 0 Å². The lowest BCUT2D eigenvalue weighted by Gasteiger charge is -2.28. The van der Waals surface area contributed by atoms with Gasteiger partial charge in [-0.15, -0.1) is 0 Å². The highest BCUT2D eigenvalue weighted by atomic mass is 16.2. The van der Waals surface area contributed by atoms with Gasteiger partial charge in [-0.3, -0.25) is 14.3 Å². The monoisotopic (exact) mass is 334 g/mol. The Labute approximate surface area is 144 Å². The molecule has 1 aromatic heterocycles. The van der Waals surface area contributed by atoms with Gasteiger partial charge in [0.2, 0.25) is 5.91 Å². The lowest BCUT2D eigenvalue weighted by Crippen LogP contribution is -2.42. The van der Waals surface area contributed by atoms with Gasteiger partial charge in [-0.1, -0.05) is 6.42 Å². The van der Waals surface area contributed by atoms with Gasteiger partial charge in [0.25, 0.3) is 0 Å². The zero-order valence-electron chi connectivity index (χ0n) is 15.6. The van der Waals surface area contributed by atoms with Crippen molar-refractivity contribution in [3.63, 3.8) is 0 Å². The van der Waals surface area contributed by atoms with Gasteiger partial charge in [0, 0.05) is 37.8 Å². The fraction of sp³-hybridized carbons (Fsp3) is 0.722. The van der Waals surface area contributed by atoms with E-state index < -0.39 is 0 Å². The predicted molar refractivity (Wildman–Crippen MR) is 94.2 cm³/mol. The molecule has 6 heteroatoms. The SMILES string of the molecule is CC(=O)c1c(C)nn(CCC(=O)N2CCCCC(N(C)C)C2)c1C. The fourth-order valence-electron chi connectivity index (χ4n) is 3.55. The molecule has 2 rings (SSSR count). The first-order valence-electron chi connectivity index (χ1n) is 8.80. The summed E-state index contributed by atoms with van der Waals surface area (Å²) in [4.78, 5) is 28.5. The van der Waals surface area contributed by atoms with Crippen LogP contribution < -0.4 is 0 Å². The zero-order valence-corrected chi connectivity index (χ0v) is 15.6. The molecule has 0 aliphatic carbocycles. The van der Waals surface area contributed by atoms with Crippen LogP contribution in [0.2, 0.25) is 0 Å². The van der Waals surface area contributed by atoms with Gasteiger partial charge in [-0.25, -0.2) is 0 Å². The molecular weight excluding hydrogens is 304 g/mol. The molecule has 0 bridgehead atoms. The van der Waals surface area contributed by atoms with E-state index in [4.69, 9.17) is 0 Å². The van der Waals surface area contributed by atoms with E-state index in [-0.39, 0.29) is 11.7 Å².